The highest BCUT2D eigenvalue weighted by atomic mass is 16.5. The van der Waals surface area contributed by atoms with Crippen molar-refractivity contribution in [1.29, 1.82) is 0 Å². The lowest BCUT2D eigenvalue weighted by Gasteiger charge is -2.44. The minimum Gasteiger partial charge on any atom is -0.496 e. The summed E-state index contributed by atoms with van der Waals surface area (Å²) in [5.74, 6) is 2.01. The predicted octanol–water partition coefficient (Wildman–Crippen LogP) is 3.04. The minimum atomic E-state index is -0.655. The number of aliphatic hydroxyl groups excluding tert-OH is 1. The van der Waals surface area contributed by atoms with Gasteiger partial charge in [0.1, 0.15) is 29.5 Å². The van der Waals surface area contributed by atoms with E-state index in [1.54, 1.807) is 30.2 Å². The molecule has 0 unspecified atom stereocenters. The summed E-state index contributed by atoms with van der Waals surface area (Å²) >= 11 is 0. The van der Waals surface area contributed by atoms with Gasteiger partial charge in [-0.25, -0.2) is 5.10 Å². The molecule has 3 aromatic carbocycles. The smallest absolute Gasteiger partial charge is 0.254 e. The molecule has 6 rings (SSSR count). The number of tetrazole rings is 1. The van der Waals surface area contributed by atoms with Gasteiger partial charge in [0, 0.05) is 47.8 Å². The van der Waals surface area contributed by atoms with E-state index in [9.17, 15) is 14.7 Å². The van der Waals surface area contributed by atoms with Crippen LogP contribution in [0.4, 0.5) is 0 Å². The number of aromatic nitrogens is 4. The van der Waals surface area contributed by atoms with Crippen molar-refractivity contribution >= 4 is 22.5 Å². The van der Waals surface area contributed by atoms with Crippen molar-refractivity contribution in [2.45, 2.75) is 24.9 Å². The van der Waals surface area contributed by atoms with E-state index in [2.05, 4.69) is 20.6 Å². The zero-order chi connectivity index (χ0) is 27.0. The van der Waals surface area contributed by atoms with Crippen molar-refractivity contribution in [3.8, 4) is 28.6 Å². The van der Waals surface area contributed by atoms with Gasteiger partial charge in [-0.05, 0) is 46.8 Å². The molecule has 0 saturated carbocycles. The first-order chi connectivity index (χ1) is 19.0. The number of aliphatic hydroxyl groups is 1. The van der Waals surface area contributed by atoms with Crippen LogP contribution in [0.1, 0.15) is 40.0 Å². The Hall–Kier alpha value is -4.51. The Morgan fingerprint density at radius 3 is 2.72 bits per heavy atom. The molecule has 0 bridgehead atoms. The molecule has 2 aliphatic rings. The van der Waals surface area contributed by atoms with Crippen molar-refractivity contribution in [2.75, 3.05) is 33.4 Å². The van der Waals surface area contributed by atoms with Gasteiger partial charge in [-0.3, -0.25) is 9.59 Å². The molecule has 0 radical (unpaired) electrons. The lowest BCUT2D eigenvalue weighted by Crippen LogP contribution is -2.52. The van der Waals surface area contributed by atoms with Gasteiger partial charge in [-0.2, -0.15) is 0 Å². The molecule has 1 amide bonds. The van der Waals surface area contributed by atoms with E-state index in [4.69, 9.17) is 14.2 Å². The number of carbonyl (C=O) groups is 2. The SMILES string of the molecule is COc1cccc2c(OCCO)cc(C(=O)N3CCC4(CC3)CC(=O)c3cc(-c5nnn[nH]5)ccc3O4)cc12. The van der Waals surface area contributed by atoms with Crippen LogP contribution in [0.15, 0.2) is 48.5 Å². The number of nitrogens with one attached hydrogen (secondary N) is 1. The predicted molar refractivity (Wildman–Crippen MR) is 140 cm³/mol. The Balaban J connectivity index is 1.21. The molecule has 11 heteroatoms. The topological polar surface area (TPSA) is 140 Å². The van der Waals surface area contributed by atoms with Crippen LogP contribution in [-0.2, 0) is 0 Å². The molecular formula is C28H27N5O6. The van der Waals surface area contributed by atoms with Crippen LogP contribution < -0.4 is 14.2 Å². The van der Waals surface area contributed by atoms with Gasteiger partial charge in [0.25, 0.3) is 5.91 Å². The Morgan fingerprint density at radius 1 is 1.13 bits per heavy atom. The molecule has 1 fully saturated rings. The molecule has 11 nitrogen and oxygen atoms in total. The summed E-state index contributed by atoms with van der Waals surface area (Å²) in [4.78, 5) is 28.5. The summed E-state index contributed by atoms with van der Waals surface area (Å²) in [5, 5.41) is 24.6. The number of H-pyrrole nitrogens is 1. The van der Waals surface area contributed by atoms with Crippen molar-refractivity contribution < 1.29 is 28.9 Å². The number of fused-ring (bicyclic) bond motifs is 2. The second-order valence-corrected chi connectivity index (χ2v) is 9.74. The maximum atomic E-state index is 13.6. The number of carbonyl (C=O) groups excluding carboxylic acids is 2. The van der Waals surface area contributed by atoms with E-state index in [0.29, 0.717) is 65.7 Å². The summed E-state index contributed by atoms with van der Waals surface area (Å²) in [5.41, 5.74) is 1.03. The maximum Gasteiger partial charge on any atom is 0.254 e. The van der Waals surface area contributed by atoms with Crippen molar-refractivity contribution in [3.63, 3.8) is 0 Å². The molecule has 1 saturated heterocycles. The Labute approximate surface area is 223 Å². The molecule has 2 N–H and O–H groups in total. The number of ether oxygens (including phenoxy) is 3. The second kappa shape index (κ2) is 9.99. The zero-order valence-electron chi connectivity index (χ0n) is 21.3. The number of ketones is 1. The van der Waals surface area contributed by atoms with Gasteiger partial charge in [-0.1, -0.05) is 12.1 Å². The molecule has 2 aliphatic heterocycles. The Morgan fingerprint density at radius 2 is 1.97 bits per heavy atom. The third-order valence-electron chi connectivity index (χ3n) is 7.40. The van der Waals surface area contributed by atoms with E-state index < -0.39 is 5.60 Å². The fraction of sp³-hybridized carbons (Fsp3) is 0.321. The van der Waals surface area contributed by atoms with Crippen LogP contribution in [0.5, 0.6) is 17.2 Å². The van der Waals surface area contributed by atoms with Crippen LogP contribution in [0.3, 0.4) is 0 Å². The maximum absolute atomic E-state index is 13.6. The van der Waals surface area contributed by atoms with E-state index in [1.165, 1.54) is 0 Å². The highest BCUT2D eigenvalue weighted by Gasteiger charge is 2.44. The first-order valence-corrected chi connectivity index (χ1v) is 12.7. The number of methoxy groups -OCH3 is 1. The molecule has 200 valence electrons. The van der Waals surface area contributed by atoms with E-state index >= 15 is 0 Å². The molecule has 0 atom stereocenters. The molecule has 4 aromatic rings. The highest BCUT2D eigenvalue weighted by molar-refractivity contribution is 6.03. The number of hydrogen-bond acceptors (Lipinski definition) is 9. The first-order valence-electron chi connectivity index (χ1n) is 12.7. The van der Waals surface area contributed by atoms with Crippen molar-refractivity contribution in [2.24, 2.45) is 0 Å². The first kappa shape index (κ1) is 24.8. The van der Waals surface area contributed by atoms with Crippen molar-refractivity contribution in [1.82, 2.24) is 25.5 Å². The third kappa shape index (κ3) is 4.54. The summed E-state index contributed by atoms with van der Waals surface area (Å²) in [6.07, 6.45) is 1.30. The second-order valence-electron chi connectivity index (χ2n) is 9.74. The number of rotatable bonds is 6. The summed E-state index contributed by atoms with van der Waals surface area (Å²) in [6.45, 7) is 0.859. The van der Waals surface area contributed by atoms with Crippen LogP contribution >= 0.6 is 0 Å². The fourth-order valence-corrected chi connectivity index (χ4v) is 5.40. The molecule has 1 spiro atoms. The summed E-state index contributed by atoms with van der Waals surface area (Å²) in [7, 11) is 1.58. The number of nitrogens with zero attached hydrogens (tertiary/aromatic N) is 4. The summed E-state index contributed by atoms with van der Waals surface area (Å²) in [6, 6.07) is 14.4. The van der Waals surface area contributed by atoms with Crippen molar-refractivity contribution in [3.05, 3.63) is 59.7 Å². The van der Waals surface area contributed by atoms with Gasteiger partial charge in [0.15, 0.2) is 11.6 Å². The third-order valence-corrected chi connectivity index (χ3v) is 7.40. The van der Waals surface area contributed by atoms with E-state index in [0.717, 1.165) is 10.8 Å². The van der Waals surface area contributed by atoms with Gasteiger partial charge >= 0.3 is 0 Å². The average molecular weight is 530 g/mol. The van der Waals surface area contributed by atoms with Crippen LogP contribution in [0.2, 0.25) is 0 Å². The van der Waals surface area contributed by atoms with Crippen LogP contribution in [0.25, 0.3) is 22.2 Å². The monoisotopic (exact) mass is 529 g/mol. The standard InChI is InChI=1S/C28H27N5O6/c1-37-23-4-2-3-19-20(23)14-18(15-25(19)38-12-11-34)27(36)33-9-7-28(8-10-33)16-22(35)21-13-17(5-6-24(21)39-28)26-29-31-32-30-26/h2-6,13-15,34H,7-12,16H2,1H3,(H,29,30,31,32). The quantitative estimate of drug-likeness (QED) is 0.386. The van der Waals surface area contributed by atoms with Crippen LogP contribution in [0, 0.1) is 0 Å². The Kier molecular flexibility index (Phi) is 6.35. The van der Waals surface area contributed by atoms with Gasteiger partial charge in [0.05, 0.1) is 25.7 Å². The van der Waals surface area contributed by atoms with E-state index in [-0.39, 0.29) is 31.3 Å². The molecule has 39 heavy (non-hydrogen) atoms. The van der Waals surface area contributed by atoms with Gasteiger partial charge in [0.2, 0.25) is 0 Å². The largest absolute Gasteiger partial charge is 0.496 e. The normalized spacial score (nSPS) is 16.2. The average Bonchev–Trinajstić information content (AvgIpc) is 3.50. The lowest BCUT2D eigenvalue weighted by atomic mass is 9.82. The highest BCUT2D eigenvalue weighted by Crippen LogP contribution is 2.41. The number of Topliss-reactive ketones (excluding diaryl/α,β-unsaturated/α-hetero) is 1. The molecule has 0 aliphatic carbocycles. The molecule has 3 heterocycles. The number of aromatic amines is 1. The number of likely N-dealkylation sites (tertiary alicyclic amines) is 1. The van der Waals surface area contributed by atoms with E-state index in [1.807, 2.05) is 30.3 Å². The number of piperidine rings is 1. The number of hydrogen-bond donors (Lipinski definition) is 2. The van der Waals surface area contributed by atoms with Crippen LogP contribution in [-0.4, -0.2) is 81.3 Å². The fourth-order valence-electron chi connectivity index (χ4n) is 5.40. The summed E-state index contributed by atoms with van der Waals surface area (Å²) < 4.78 is 17.7. The number of benzene rings is 3. The zero-order valence-corrected chi connectivity index (χ0v) is 21.3. The molecular weight excluding hydrogens is 502 g/mol. The van der Waals surface area contributed by atoms with Gasteiger partial charge < -0.3 is 24.2 Å². The molecule has 1 aromatic heterocycles. The number of amides is 1. The lowest BCUT2D eigenvalue weighted by molar-refractivity contribution is -0.00570. The minimum absolute atomic E-state index is 0.00218. The Bertz CT molecular complexity index is 1550. The van der Waals surface area contributed by atoms with Gasteiger partial charge in [-0.15, -0.1) is 5.10 Å².